The molecule has 4 heteroatoms. The summed E-state index contributed by atoms with van der Waals surface area (Å²) in [6.07, 6.45) is 3.69. The number of hydrogen-bond donors (Lipinski definition) is 1. The second-order valence-corrected chi connectivity index (χ2v) is 3.56. The Labute approximate surface area is 93.7 Å². The maximum atomic E-state index is 5.83. The number of aromatic nitrogens is 2. The van der Waals surface area contributed by atoms with Crippen LogP contribution in [0.1, 0.15) is 6.92 Å². The van der Waals surface area contributed by atoms with Crippen LogP contribution in [0.4, 0.5) is 5.95 Å². The number of imidazole rings is 1. The number of halogens is 1. The fraction of sp³-hybridized carbons (Fsp3) is 0.182. The number of nitrogens with one attached hydrogen (secondary N) is 1. The van der Waals surface area contributed by atoms with Gasteiger partial charge in [-0.1, -0.05) is 11.6 Å². The summed E-state index contributed by atoms with van der Waals surface area (Å²) in [5.74, 6) is 0.847. The van der Waals surface area contributed by atoms with Crippen molar-refractivity contribution < 1.29 is 0 Å². The fourth-order valence-corrected chi connectivity index (χ4v) is 1.53. The highest BCUT2D eigenvalue weighted by Crippen LogP contribution is 2.16. The molecule has 0 saturated carbocycles. The molecule has 78 valence electrons. The summed E-state index contributed by atoms with van der Waals surface area (Å²) in [7, 11) is 0. The lowest BCUT2D eigenvalue weighted by Crippen LogP contribution is -2.04. The molecule has 1 aromatic heterocycles. The van der Waals surface area contributed by atoms with Crippen LogP contribution in [-0.4, -0.2) is 16.1 Å². The lowest BCUT2D eigenvalue weighted by molar-refractivity contribution is 1.02. The van der Waals surface area contributed by atoms with Gasteiger partial charge in [-0.05, 0) is 31.2 Å². The maximum absolute atomic E-state index is 5.83. The Balaban J connectivity index is 2.36. The Bertz CT molecular complexity index is 433. The van der Waals surface area contributed by atoms with Crippen LogP contribution < -0.4 is 5.32 Å². The van der Waals surface area contributed by atoms with Crippen molar-refractivity contribution in [3.63, 3.8) is 0 Å². The summed E-state index contributed by atoms with van der Waals surface area (Å²) in [5, 5.41) is 3.93. The van der Waals surface area contributed by atoms with Gasteiger partial charge in [0.05, 0.1) is 0 Å². The minimum absolute atomic E-state index is 0.740. The van der Waals surface area contributed by atoms with Crippen LogP contribution in [0.25, 0.3) is 5.69 Å². The number of rotatable bonds is 3. The van der Waals surface area contributed by atoms with Gasteiger partial charge in [0.2, 0.25) is 5.95 Å². The number of nitrogens with zero attached hydrogens (tertiary/aromatic N) is 2. The van der Waals surface area contributed by atoms with Crippen molar-refractivity contribution in [2.24, 2.45) is 0 Å². The standard InChI is InChI=1S/C11H12ClN3/c1-2-13-11-14-7-8-15(11)10-5-3-9(12)4-6-10/h3-8H,2H2,1H3,(H,13,14). The molecule has 2 aromatic rings. The van der Waals surface area contributed by atoms with Gasteiger partial charge >= 0.3 is 0 Å². The first-order valence-electron chi connectivity index (χ1n) is 4.84. The van der Waals surface area contributed by atoms with Crippen LogP contribution in [0.2, 0.25) is 5.02 Å². The van der Waals surface area contributed by atoms with E-state index in [1.807, 2.05) is 42.0 Å². The van der Waals surface area contributed by atoms with Crippen LogP contribution in [-0.2, 0) is 0 Å². The van der Waals surface area contributed by atoms with Gasteiger partial charge in [0, 0.05) is 29.6 Å². The van der Waals surface area contributed by atoms with Gasteiger partial charge in [-0.25, -0.2) is 4.98 Å². The van der Waals surface area contributed by atoms with Crippen molar-refractivity contribution in [1.29, 1.82) is 0 Å². The first kappa shape index (κ1) is 10.1. The average molecular weight is 222 g/mol. The summed E-state index contributed by atoms with van der Waals surface area (Å²) in [6.45, 7) is 2.89. The molecule has 0 amide bonds. The Kier molecular flexibility index (Phi) is 2.92. The Morgan fingerprint density at radius 3 is 2.73 bits per heavy atom. The zero-order chi connectivity index (χ0) is 10.7. The summed E-state index contributed by atoms with van der Waals surface area (Å²) in [6, 6.07) is 7.66. The van der Waals surface area contributed by atoms with Crippen LogP contribution in [0, 0.1) is 0 Å². The molecule has 0 bridgehead atoms. The number of anilines is 1. The largest absolute Gasteiger partial charge is 0.356 e. The lowest BCUT2D eigenvalue weighted by Gasteiger charge is -2.08. The topological polar surface area (TPSA) is 29.9 Å². The predicted molar refractivity (Wildman–Crippen MR) is 62.7 cm³/mol. The van der Waals surface area contributed by atoms with E-state index in [0.717, 1.165) is 23.2 Å². The van der Waals surface area contributed by atoms with Gasteiger partial charge in [0.1, 0.15) is 0 Å². The van der Waals surface area contributed by atoms with Gasteiger partial charge < -0.3 is 5.32 Å². The minimum atomic E-state index is 0.740. The predicted octanol–water partition coefficient (Wildman–Crippen LogP) is 2.96. The molecule has 0 unspecified atom stereocenters. The van der Waals surface area contributed by atoms with Crippen LogP contribution in [0.15, 0.2) is 36.7 Å². The van der Waals surface area contributed by atoms with E-state index in [1.165, 1.54) is 0 Å². The van der Waals surface area contributed by atoms with Gasteiger partial charge in [0.25, 0.3) is 0 Å². The molecule has 1 N–H and O–H groups in total. The third kappa shape index (κ3) is 2.13. The molecule has 0 aliphatic rings. The molecule has 1 aromatic carbocycles. The lowest BCUT2D eigenvalue weighted by atomic mass is 10.3. The summed E-state index contributed by atoms with van der Waals surface area (Å²) in [4.78, 5) is 4.22. The monoisotopic (exact) mass is 221 g/mol. The molecule has 0 aliphatic carbocycles. The Morgan fingerprint density at radius 2 is 2.07 bits per heavy atom. The van der Waals surface area contributed by atoms with E-state index in [4.69, 9.17) is 11.6 Å². The molecule has 0 spiro atoms. The van der Waals surface area contributed by atoms with Crippen molar-refractivity contribution >= 4 is 17.5 Å². The van der Waals surface area contributed by atoms with Crippen LogP contribution >= 0.6 is 11.6 Å². The van der Waals surface area contributed by atoms with Crippen molar-refractivity contribution in [2.75, 3.05) is 11.9 Å². The Hall–Kier alpha value is -1.48. The van der Waals surface area contributed by atoms with E-state index < -0.39 is 0 Å². The zero-order valence-electron chi connectivity index (χ0n) is 8.44. The number of benzene rings is 1. The molecule has 0 atom stereocenters. The van der Waals surface area contributed by atoms with E-state index in [9.17, 15) is 0 Å². The van der Waals surface area contributed by atoms with Gasteiger partial charge in [-0.15, -0.1) is 0 Å². The second kappa shape index (κ2) is 4.36. The molecule has 15 heavy (non-hydrogen) atoms. The normalized spacial score (nSPS) is 10.3. The molecular formula is C11H12ClN3. The first-order chi connectivity index (χ1) is 7.31. The van der Waals surface area contributed by atoms with Crippen molar-refractivity contribution in [1.82, 2.24) is 9.55 Å². The molecule has 3 nitrogen and oxygen atoms in total. The van der Waals surface area contributed by atoms with E-state index in [2.05, 4.69) is 10.3 Å². The summed E-state index contributed by atoms with van der Waals surface area (Å²) >= 11 is 5.83. The van der Waals surface area contributed by atoms with Crippen molar-refractivity contribution in [2.45, 2.75) is 6.92 Å². The molecule has 2 rings (SSSR count). The van der Waals surface area contributed by atoms with E-state index in [-0.39, 0.29) is 0 Å². The highest BCUT2D eigenvalue weighted by atomic mass is 35.5. The fourth-order valence-electron chi connectivity index (χ4n) is 1.40. The van der Waals surface area contributed by atoms with Crippen LogP contribution in [0.5, 0.6) is 0 Å². The minimum Gasteiger partial charge on any atom is -0.356 e. The Morgan fingerprint density at radius 1 is 1.33 bits per heavy atom. The van der Waals surface area contributed by atoms with Crippen molar-refractivity contribution in [3.8, 4) is 5.69 Å². The van der Waals surface area contributed by atoms with Gasteiger partial charge in [-0.3, -0.25) is 4.57 Å². The van der Waals surface area contributed by atoms with Crippen LogP contribution in [0.3, 0.4) is 0 Å². The van der Waals surface area contributed by atoms with E-state index in [0.29, 0.717) is 0 Å². The van der Waals surface area contributed by atoms with E-state index in [1.54, 1.807) is 6.20 Å². The molecular weight excluding hydrogens is 210 g/mol. The average Bonchev–Trinajstić information content (AvgIpc) is 2.68. The third-order valence-electron chi connectivity index (χ3n) is 2.08. The second-order valence-electron chi connectivity index (χ2n) is 3.13. The molecule has 1 heterocycles. The van der Waals surface area contributed by atoms with Gasteiger partial charge in [0.15, 0.2) is 0 Å². The number of hydrogen-bond acceptors (Lipinski definition) is 2. The maximum Gasteiger partial charge on any atom is 0.207 e. The first-order valence-corrected chi connectivity index (χ1v) is 5.22. The smallest absolute Gasteiger partial charge is 0.207 e. The molecule has 0 saturated heterocycles. The third-order valence-corrected chi connectivity index (χ3v) is 2.33. The summed E-state index contributed by atoms with van der Waals surface area (Å²) in [5.41, 5.74) is 1.05. The quantitative estimate of drug-likeness (QED) is 0.864. The van der Waals surface area contributed by atoms with Gasteiger partial charge in [-0.2, -0.15) is 0 Å². The molecule has 0 aliphatic heterocycles. The zero-order valence-corrected chi connectivity index (χ0v) is 9.20. The highest BCUT2D eigenvalue weighted by molar-refractivity contribution is 6.30. The van der Waals surface area contributed by atoms with Crippen molar-refractivity contribution in [3.05, 3.63) is 41.7 Å². The SMILES string of the molecule is CCNc1nccn1-c1ccc(Cl)cc1. The van der Waals surface area contributed by atoms with E-state index >= 15 is 0 Å². The summed E-state index contributed by atoms with van der Waals surface area (Å²) < 4.78 is 1.99. The molecule has 0 fully saturated rings. The molecule has 0 radical (unpaired) electrons. The highest BCUT2D eigenvalue weighted by Gasteiger charge is 2.02.